The summed E-state index contributed by atoms with van der Waals surface area (Å²) in [5.74, 6) is -7.06. The van der Waals surface area contributed by atoms with Crippen LogP contribution in [0.3, 0.4) is 0 Å². The maximum Gasteiger partial charge on any atom is 0.354 e. The molecule has 4 heterocycles. The first-order chi connectivity index (χ1) is 28.2. The molecule has 308 valence electrons. The van der Waals surface area contributed by atoms with E-state index in [1.54, 1.807) is 69.7 Å². The molecule has 2 unspecified atom stereocenters. The van der Waals surface area contributed by atoms with E-state index < -0.39 is 95.0 Å². The molecule has 2 atom stereocenters. The van der Waals surface area contributed by atoms with E-state index in [0.717, 1.165) is 16.4 Å². The Morgan fingerprint density at radius 3 is 1.80 bits per heavy atom. The Bertz CT molecular complexity index is 2460. The zero-order chi connectivity index (χ0) is 41.6. The molecule has 0 radical (unpaired) electrons. The average Bonchev–Trinajstić information content (AvgIpc) is 3.99. The third-order valence-corrected chi connectivity index (χ3v) is 15.8. The van der Waals surface area contributed by atoms with Crippen molar-refractivity contribution in [3.63, 3.8) is 0 Å². The van der Waals surface area contributed by atoms with Gasteiger partial charge in [-0.2, -0.15) is 10.2 Å². The van der Waals surface area contributed by atoms with E-state index in [1.165, 1.54) is 15.6 Å². The molecule has 4 aliphatic rings. The van der Waals surface area contributed by atoms with E-state index in [0.29, 0.717) is 52.5 Å². The first-order valence-corrected chi connectivity index (χ1v) is 23.2. The predicted octanol–water partition coefficient (Wildman–Crippen LogP) is 5.41. The van der Waals surface area contributed by atoms with Crippen molar-refractivity contribution in [2.75, 3.05) is 0 Å². The quantitative estimate of drug-likeness (QED) is 0.127. The molecular weight excluding hydrogens is 994 g/mol. The Labute approximate surface area is 357 Å². The molecule has 2 saturated heterocycles. The van der Waals surface area contributed by atoms with E-state index >= 15 is 0 Å². The Balaban J connectivity index is 0.898. The van der Waals surface area contributed by atoms with Gasteiger partial charge in [0.05, 0.1) is 6.10 Å². The highest BCUT2D eigenvalue weighted by Gasteiger charge is 2.52. The number of carbonyl (C=O) groups is 6. The highest BCUT2D eigenvalue weighted by molar-refractivity contribution is 14.2. The van der Waals surface area contributed by atoms with Gasteiger partial charge in [0.25, 0.3) is 11.6 Å². The van der Waals surface area contributed by atoms with Gasteiger partial charge in [-0.05, 0) is 62.8 Å². The summed E-state index contributed by atoms with van der Waals surface area (Å²) < 4.78 is 33.1. The van der Waals surface area contributed by atoms with Gasteiger partial charge in [-0.15, -0.1) is 0 Å². The molecule has 2 saturated carbocycles. The smallest absolute Gasteiger partial charge is 0.354 e. The van der Waals surface area contributed by atoms with Crippen LogP contribution in [0.5, 0.6) is 0 Å². The molecule has 2 spiro atoms. The van der Waals surface area contributed by atoms with Crippen molar-refractivity contribution >= 4 is 84.3 Å². The van der Waals surface area contributed by atoms with Crippen molar-refractivity contribution in [2.45, 2.75) is 76.0 Å². The van der Waals surface area contributed by atoms with Crippen molar-refractivity contribution in [3.05, 3.63) is 79.2 Å². The summed E-state index contributed by atoms with van der Waals surface area (Å²) in [5.41, 5.74) is 2.08. The van der Waals surface area contributed by atoms with Crippen LogP contribution >= 0.6 is 41.5 Å². The highest BCUT2D eigenvalue weighted by atomic mass is 127. The number of carbonyl (C=O) groups excluding carboxylic acids is 5. The zero-order valence-corrected chi connectivity index (χ0v) is 36.4. The first-order valence-electron chi connectivity index (χ1n) is 18.9. The van der Waals surface area contributed by atoms with Gasteiger partial charge in [0.1, 0.15) is 22.5 Å². The molecular formula is C41H38I2N4O12. The molecule has 8 rings (SSSR count). The van der Waals surface area contributed by atoms with Crippen molar-refractivity contribution in [1.29, 1.82) is 0 Å². The van der Waals surface area contributed by atoms with Crippen molar-refractivity contribution in [1.82, 2.24) is 19.6 Å². The van der Waals surface area contributed by atoms with Crippen molar-refractivity contribution < 1.29 is 57.6 Å². The molecule has 0 bridgehead atoms. The Morgan fingerprint density at radius 1 is 0.780 bits per heavy atom. The Morgan fingerprint density at radius 2 is 1.27 bits per heavy atom. The molecule has 2 aliphatic heterocycles. The number of halogens is 2. The number of rotatable bonds is 9. The molecule has 0 amide bonds. The van der Waals surface area contributed by atoms with Crippen LogP contribution < -0.4 is 0 Å². The van der Waals surface area contributed by atoms with Gasteiger partial charge in [-0.3, -0.25) is 9.36 Å². The van der Waals surface area contributed by atoms with E-state index in [1.807, 2.05) is 6.07 Å². The number of aryl methyl sites for hydroxylation is 2. The second kappa shape index (κ2) is 16.1. The Hall–Kier alpha value is -5.12. The monoisotopic (exact) mass is 1030 g/mol. The fourth-order valence-corrected chi connectivity index (χ4v) is 12.2. The fourth-order valence-electron chi connectivity index (χ4n) is 7.87. The van der Waals surface area contributed by atoms with E-state index in [-0.39, 0.29) is 36.2 Å². The van der Waals surface area contributed by atoms with E-state index in [9.17, 15) is 33.9 Å². The number of carboxylic acid groups (broad SMARTS) is 1. The molecule has 4 aromatic rings. The van der Waals surface area contributed by atoms with Gasteiger partial charge < -0.3 is 28.8 Å². The SMILES string of the molecule is CC(CC1CCC2(C1)OC(=O)C(=Ic1cccc(-c3nn(C)cc3C(=O)O)c1)C(=O)O2)OC(=O)c1cn(C)nc1-c1cccc(I=C2C(=O)OC3(CCCC3)OC2=O)c1. The summed E-state index contributed by atoms with van der Waals surface area (Å²) in [7, 11) is 3.31. The maximum absolute atomic E-state index is 13.6. The van der Waals surface area contributed by atoms with Crippen LogP contribution in [-0.2, 0) is 57.0 Å². The molecule has 2 aliphatic carbocycles. The second-order valence-corrected chi connectivity index (χ2v) is 20.6. The number of hydrogen-bond donors (Lipinski definition) is 1. The largest absolute Gasteiger partial charge is 0.478 e. The minimum atomic E-state index is -1.41. The number of carboxylic acids is 1. The van der Waals surface area contributed by atoms with Crippen LogP contribution in [0.15, 0.2) is 60.9 Å². The van der Waals surface area contributed by atoms with Crippen LogP contribution in [0.4, 0.5) is 0 Å². The summed E-state index contributed by atoms with van der Waals surface area (Å²) in [4.78, 5) is 77.7. The minimum Gasteiger partial charge on any atom is -0.478 e. The van der Waals surface area contributed by atoms with Crippen molar-refractivity contribution in [2.24, 2.45) is 20.0 Å². The van der Waals surface area contributed by atoms with Gasteiger partial charge in [0.15, 0.2) is 7.02 Å². The van der Waals surface area contributed by atoms with Crippen LogP contribution in [0.2, 0.25) is 0 Å². The number of ether oxygens (including phenoxy) is 5. The van der Waals surface area contributed by atoms with E-state index in [2.05, 4.69) is 10.2 Å². The lowest BCUT2D eigenvalue weighted by atomic mass is 10.00. The molecule has 2 aromatic carbocycles. The molecule has 1 N–H and O–H groups in total. The van der Waals surface area contributed by atoms with Crippen LogP contribution in [-0.4, -0.2) is 85.2 Å². The molecule has 4 fully saturated rings. The minimum absolute atomic E-state index is 0.0150. The van der Waals surface area contributed by atoms with Gasteiger partial charge in [0, 0.05) is 70.4 Å². The number of esters is 5. The van der Waals surface area contributed by atoms with Crippen LogP contribution in [0.1, 0.15) is 79.0 Å². The number of aromatic carboxylic acids is 1. The summed E-state index contributed by atoms with van der Waals surface area (Å²) in [5, 5.41) is 18.4. The summed E-state index contributed by atoms with van der Waals surface area (Å²) in [6.45, 7) is 1.77. The van der Waals surface area contributed by atoms with Gasteiger partial charge in [-0.25, -0.2) is 28.8 Å². The number of aromatic nitrogens is 4. The lowest BCUT2D eigenvalue weighted by molar-refractivity contribution is -0.227. The standard InChI is InChI=1S/C41H38I2N4O12/c1-22(55-35(50)29-21-47(3)45-33(29)25-9-7-11-27(18-25)42-30-36(51)56-40(57-37(30)52)13-4-5-14-40)16-23-12-15-41(19-23)58-38(53)31(39(54)59-41)43-26-10-6-8-24(17-26)32-28(34(48)49)20-46(2)44-32/h6-11,17-18,20-23H,4-5,12-16,19H2,1-3H3,(H,48,49). The topological polar surface area (TPSA) is 204 Å². The molecule has 18 heteroatoms. The van der Waals surface area contributed by atoms with Crippen molar-refractivity contribution in [3.8, 4) is 22.5 Å². The maximum atomic E-state index is 13.6. The van der Waals surface area contributed by atoms with Crippen LogP contribution in [0.25, 0.3) is 22.5 Å². The third-order valence-electron chi connectivity index (χ3n) is 10.4. The summed E-state index contributed by atoms with van der Waals surface area (Å²) in [6, 6.07) is 14.1. The van der Waals surface area contributed by atoms with E-state index in [4.69, 9.17) is 23.7 Å². The number of hydrogen-bond acceptors (Lipinski definition) is 13. The molecule has 16 nitrogen and oxygen atoms in total. The lowest BCUT2D eigenvalue weighted by Crippen LogP contribution is -2.48. The van der Waals surface area contributed by atoms with Gasteiger partial charge in [-0.1, -0.05) is 65.7 Å². The van der Waals surface area contributed by atoms with Gasteiger partial charge in [0.2, 0.25) is 0 Å². The summed E-state index contributed by atoms with van der Waals surface area (Å²) >= 11 is -2.60. The first kappa shape index (κ1) is 40.7. The number of nitrogens with zero attached hydrogens (tertiary/aromatic N) is 4. The normalized spacial score (nSPS) is 20.0. The molecule has 2 aromatic heterocycles. The Kier molecular flexibility index (Phi) is 11.1. The molecule has 59 heavy (non-hydrogen) atoms. The zero-order valence-electron chi connectivity index (χ0n) is 32.1. The fraction of sp³-hybridized carbons (Fsp3) is 0.366. The number of benzene rings is 2. The van der Waals surface area contributed by atoms with Gasteiger partial charge >= 0.3 is 35.8 Å². The third kappa shape index (κ3) is 8.50. The highest BCUT2D eigenvalue weighted by Crippen LogP contribution is 2.44. The second-order valence-electron chi connectivity index (χ2n) is 14.9. The summed E-state index contributed by atoms with van der Waals surface area (Å²) in [6.07, 6.45) is 6.63. The van der Waals surface area contributed by atoms with Crippen LogP contribution in [0, 0.1) is 13.1 Å². The lowest BCUT2D eigenvalue weighted by Gasteiger charge is -2.33. The predicted molar refractivity (Wildman–Crippen MR) is 225 cm³/mol. The average molecular weight is 1030 g/mol.